The van der Waals surface area contributed by atoms with Crippen LogP contribution in [0.3, 0.4) is 0 Å². The number of aryl methyl sites for hydroxylation is 1. The van der Waals surface area contributed by atoms with E-state index in [-0.39, 0.29) is 11.8 Å². The van der Waals surface area contributed by atoms with Crippen molar-refractivity contribution in [2.45, 2.75) is 25.8 Å². The maximum absolute atomic E-state index is 14.9. The van der Waals surface area contributed by atoms with Crippen LogP contribution in [0.1, 0.15) is 35.3 Å². The van der Waals surface area contributed by atoms with E-state index in [1.54, 1.807) is 17.0 Å². The number of aromatic amines is 1. The van der Waals surface area contributed by atoms with Crippen LogP contribution in [-0.4, -0.2) is 22.5 Å². The second kappa shape index (κ2) is 7.91. The first-order valence-electron chi connectivity index (χ1n) is 10.7. The summed E-state index contributed by atoms with van der Waals surface area (Å²) in [6.07, 6.45) is 1.53. The minimum absolute atomic E-state index is 0.224. The Morgan fingerprint density at radius 3 is 2.65 bits per heavy atom. The standard InChI is InChI=1S/C26H24FN3O/c1-2-17-9-3-7-13-22(17)29-26(31)30-16-15-19-18-10-5-8-14-23(18)28-24(19)25(30)20-11-4-6-12-21(20)27/h3-14,25,28H,2,15-16H2,1H3,(H,29,31)/t25-/m1/s1. The second-order valence-corrected chi connectivity index (χ2v) is 7.87. The summed E-state index contributed by atoms with van der Waals surface area (Å²) in [6.45, 7) is 2.57. The predicted molar refractivity (Wildman–Crippen MR) is 122 cm³/mol. The van der Waals surface area contributed by atoms with Gasteiger partial charge >= 0.3 is 6.03 Å². The van der Waals surface area contributed by atoms with E-state index in [0.29, 0.717) is 18.5 Å². The number of hydrogen-bond donors (Lipinski definition) is 2. The number of carbonyl (C=O) groups excluding carboxylic acids is 1. The quantitative estimate of drug-likeness (QED) is 0.422. The van der Waals surface area contributed by atoms with E-state index in [9.17, 15) is 9.18 Å². The van der Waals surface area contributed by atoms with E-state index in [4.69, 9.17) is 0 Å². The number of urea groups is 1. The van der Waals surface area contributed by atoms with Crippen molar-refractivity contribution in [1.82, 2.24) is 9.88 Å². The van der Waals surface area contributed by atoms with Crippen LogP contribution in [0, 0.1) is 5.82 Å². The lowest BCUT2D eigenvalue weighted by Crippen LogP contribution is -2.43. The van der Waals surface area contributed by atoms with Crippen molar-refractivity contribution in [2.24, 2.45) is 0 Å². The van der Waals surface area contributed by atoms with Crippen LogP contribution in [0.2, 0.25) is 0 Å². The number of benzene rings is 3. The van der Waals surface area contributed by atoms with Gasteiger partial charge in [0.2, 0.25) is 0 Å². The maximum atomic E-state index is 14.9. The summed E-state index contributed by atoms with van der Waals surface area (Å²) in [4.78, 5) is 18.6. The maximum Gasteiger partial charge on any atom is 0.322 e. The second-order valence-electron chi connectivity index (χ2n) is 7.87. The molecule has 0 bridgehead atoms. The number of fused-ring (bicyclic) bond motifs is 3. The van der Waals surface area contributed by atoms with Crippen LogP contribution >= 0.6 is 0 Å². The van der Waals surface area contributed by atoms with Crippen molar-refractivity contribution in [1.29, 1.82) is 0 Å². The molecule has 1 atom stereocenters. The van der Waals surface area contributed by atoms with Gasteiger partial charge in [0, 0.05) is 34.4 Å². The average molecular weight is 413 g/mol. The number of carbonyl (C=O) groups is 1. The lowest BCUT2D eigenvalue weighted by Gasteiger charge is -2.36. The Labute approximate surface area is 180 Å². The van der Waals surface area contributed by atoms with Crippen molar-refractivity contribution in [2.75, 3.05) is 11.9 Å². The van der Waals surface area contributed by atoms with Gasteiger partial charge in [0.25, 0.3) is 0 Å². The third-order valence-electron chi connectivity index (χ3n) is 6.13. The molecule has 156 valence electrons. The molecule has 1 aliphatic rings. The van der Waals surface area contributed by atoms with Crippen molar-refractivity contribution >= 4 is 22.6 Å². The third kappa shape index (κ3) is 3.36. The highest BCUT2D eigenvalue weighted by molar-refractivity contribution is 5.92. The summed E-state index contributed by atoms with van der Waals surface area (Å²) < 4.78 is 14.9. The van der Waals surface area contributed by atoms with E-state index in [2.05, 4.69) is 23.3 Å². The van der Waals surface area contributed by atoms with Gasteiger partial charge in [-0.25, -0.2) is 9.18 Å². The summed E-state index contributed by atoms with van der Waals surface area (Å²) in [5.74, 6) is -0.314. The Hall–Kier alpha value is -3.60. The minimum Gasteiger partial charge on any atom is -0.356 e. The fourth-order valence-corrected chi connectivity index (χ4v) is 4.62. The van der Waals surface area contributed by atoms with E-state index in [1.807, 2.05) is 48.5 Å². The Bertz CT molecular complexity index is 1260. The lowest BCUT2D eigenvalue weighted by atomic mass is 9.92. The highest BCUT2D eigenvalue weighted by Crippen LogP contribution is 2.39. The van der Waals surface area contributed by atoms with Crippen molar-refractivity contribution < 1.29 is 9.18 Å². The van der Waals surface area contributed by atoms with Crippen LogP contribution in [-0.2, 0) is 12.8 Å². The largest absolute Gasteiger partial charge is 0.356 e. The summed E-state index contributed by atoms with van der Waals surface area (Å²) in [6, 6.07) is 21.9. The normalized spacial score (nSPS) is 15.7. The van der Waals surface area contributed by atoms with Crippen LogP contribution in [0.5, 0.6) is 0 Å². The van der Waals surface area contributed by atoms with Gasteiger partial charge in [-0.1, -0.05) is 61.5 Å². The number of nitrogens with zero attached hydrogens (tertiary/aromatic N) is 1. The van der Waals surface area contributed by atoms with Crippen molar-refractivity contribution in [3.05, 3.63) is 101 Å². The summed E-state index contributed by atoms with van der Waals surface area (Å²) in [5, 5.41) is 4.20. The molecule has 4 aromatic rings. The van der Waals surface area contributed by atoms with Crippen LogP contribution < -0.4 is 5.32 Å². The van der Waals surface area contributed by atoms with E-state index >= 15 is 0 Å². The smallest absolute Gasteiger partial charge is 0.322 e. The molecule has 4 nitrogen and oxygen atoms in total. The molecule has 2 N–H and O–H groups in total. The first-order valence-corrected chi connectivity index (χ1v) is 10.7. The third-order valence-corrected chi connectivity index (χ3v) is 6.13. The summed E-state index contributed by atoms with van der Waals surface area (Å²) >= 11 is 0. The Morgan fingerprint density at radius 2 is 1.81 bits per heavy atom. The van der Waals surface area contributed by atoms with Crippen molar-refractivity contribution in [3.8, 4) is 0 Å². The van der Waals surface area contributed by atoms with Crippen molar-refractivity contribution in [3.63, 3.8) is 0 Å². The van der Waals surface area contributed by atoms with E-state index < -0.39 is 6.04 Å². The van der Waals surface area contributed by atoms with Gasteiger partial charge in [-0.3, -0.25) is 0 Å². The zero-order valence-corrected chi connectivity index (χ0v) is 17.4. The van der Waals surface area contributed by atoms with E-state index in [0.717, 1.165) is 39.8 Å². The van der Waals surface area contributed by atoms with Gasteiger partial charge in [-0.15, -0.1) is 0 Å². The molecule has 0 spiro atoms. The number of amides is 2. The molecule has 0 fully saturated rings. The Balaban J connectivity index is 1.60. The number of rotatable bonds is 3. The first kappa shape index (κ1) is 19.4. The SMILES string of the molecule is CCc1ccccc1NC(=O)N1CCc2c([nH]c3ccccc23)[C@H]1c1ccccc1F. The summed E-state index contributed by atoms with van der Waals surface area (Å²) in [5.41, 5.74) is 5.41. The molecule has 31 heavy (non-hydrogen) atoms. The molecule has 3 aromatic carbocycles. The number of hydrogen-bond acceptors (Lipinski definition) is 1. The van der Waals surface area contributed by atoms with Crippen LogP contribution in [0.4, 0.5) is 14.9 Å². The van der Waals surface area contributed by atoms with Gasteiger partial charge in [0.1, 0.15) is 11.9 Å². The first-order chi connectivity index (χ1) is 15.2. The number of anilines is 1. The molecule has 5 rings (SSSR count). The Kier molecular flexibility index (Phi) is 4.94. The molecule has 0 radical (unpaired) electrons. The number of para-hydroxylation sites is 2. The van der Waals surface area contributed by atoms with Gasteiger partial charge in [-0.05, 0) is 42.2 Å². The molecule has 5 heteroatoms. The number of H-pyrrole nitrogens is 1. The van der Waals surface area contributed by atoms with Gasteiger partial charge in [0.05, 0.1) is 0 Å². The fraction of sp³-hybridized carbons (Fsp3) is 0.192. The zero-order valence-electron chi connectivity index (χ0n) is 17.4. The molecule has 0 aliphatic carbocycles. The molecule has 1 aliphatic heterocycles. The minimum atomic E-state index is -0.522. The zero-order chi connectivity index (χ0) is 21.4. The molecular formula is C26H24FN3O. The average Bonchev–Trinajstić information content (AvgIpc) is 3.18. The highest BCUT2D eigenvalue weighted by Gasteiger charge is 2.36. The predicted octanol–water partition coefficient (Wildman–Crippen LogP) is 6.05. The number of aromatic nitrogens is 1. The van der Waals surface area contributed by atoms with E-state index in [1.165, 1.54) is 6.07 Å². The van der Waals surface area contributed by atoms with Gasteiger partial charge < -0.3 is 15.2 Å². The van der Waals surface area contributed by atoms with Gasteiger partial charge in [0.15, 0.2) is 0 Å². The molecule has 2 amide bonds. The molecule has 0 saturated carbocycles. The summed E-state index contributed by atoms with van der Waals surface area (Å²) in [7, 11) is 0. The lowest BCUT2D eigenvalue weighted by molar-refractivity contribution is 0.192. The molecule has 0 unspecified atom stereocenters. The topological polar surface area (TPSA) is 48.1 Å². The molecule has 0 saturated heterocycles. The molecule has 2 heterocycles. The van der Waals surface area contributed by atoms with Crippen LogP contribution in [0.25, 0.3) is 10.9 Å². The number of nitrogens with one attached hydrogen (secondary N) is 2. The molecular weight excluding hydrogens is 389 g/mol. The Morgan fingerprint density at radius 1 is 1.06 bits per heavy atom. The highest BCUT2D eigenvalue weighted by atomic mass is 19.1. The monoisotopic (exact) mass is 413 g/mol. The fourth-order valence-electron chi connectivity index (χ4n) is 4.62. The number of halogens is 1. The molecule has 1 aromatic heterocycles. The van der Waals surface area contributed by atoms with Gasteiger partial charge in [-0.2, -0.15) is 0 Å². The van der Waals surface area contributed by atoms with Crippen LogP contribution in [0.15, 0.2) is 72.8 Å².